The molecule has 1 aliphatic rings. The van der Waals surface area contributed by atoms with Crippen molar-refractivity contribution in [2.24, 2.45) is 0 Å². The molecule has 0 heterocycles. The van der Waals surface area contributed by atoms with Gasteiger partial charge in [-0.3, -0.25) is 0 Å². The molecule has 100 valence electrons. The molecule has 2 rings (SSSR count). The average Bonchev–Trinajstić information content (AvgIpc) is 2.27. The minimum Gasteiger partial charge on any atom is -0.465 e. The van der Waals surface area contributed by atoms with Gasteiger partial charge in [0.15, 0.2) is 0 Å². The summed E-state index contributed by atoms with van der Waals surface area (Å²) < 4.78 is 0. The number of rotatable bonds is 4. The van der Waals surface area contributed by atoms with Gasteiger partial charge in [-0.15, -0.1) is 12.4 Å². The maximum Gasteiger partial charge on any atom is 0.407 e. The van der Waals surface area contributed by atoms with Crippen LogP contribution in [0.3, 0.4) is 0 Å². The van der Waals surface area contributed by atoms with Crippen LogP contribution >= 0.6 is 12.4 Å². The van der Waals surface area contributed by atoms with E-state index in [9.17, 15) is 9.90 Å². The molecule has 4 nitrogen and oxygen atoms in total. The number of hydrogen-bond donors (Lipinski definition) is 2. The van der Waals surface area contributed by atoms with E-state index in [1.807, 2.05) is 37.4 Å². The van der Waals surface area contributed by atoms with Gasteiger partial charge in [0.05, 0.1) is 0 Å². The fraction of sp³-hybridized carbons (Fsp3) is 0.462. The quantitative estimate of drug-likeness (QED) is 0.883. The Morgan fingerprint density at radius 3 is 2.50 bits per heavy atom. The molecule has 1 fully saturated rings. The van der Waals surface area contributed by atoms with Crippen molar-refractivity contribution in [1.29, 1.82) is 0 Å². The van der Waals surface area contributed by atoms with E-state index >= 15 is 0 Å². The van der Waals surface area contributed by atoms with Crippen LogP contribution in [0.4, 0.5) is 4.79 Å². The molecule has 2 N–H and O–H groups in total. The summed E-state index contributed by atoms with van der Waals surface area (Å²) in [6.07, 6.45) is 0.999. The average molecular weight is 271 g/mol. The summed E-state index contributed by atoms with van der Waals surface area (Å²) in [6, 6.07) is 10.4. The molecule has 1 saturated carbocycles. The zero-order valence-electron chi connectivity index (χ0n) is 10.4. The molecule has 0 aromatic heterocycles. The maximum atomic E-state index is 11.2. The van der Waals surface area contributed by atoms with Gasteiger partial charge in [-0.05, 0) is 25.5 Å². The standard InChI is InChI=1S/C13H18N2O2.ClH/c1-14-11-7-12(8-11)15(13(16)17)9-10-5-3-2-4-6-10;/h2-6,11-12,14H,7-9H2,1H3,(H,16,17);1H. The smallest absolute Gasteiger partial charge is 0.407 e. The van der Waals surface area contributed by atoms with Crippen LogP contribution in [0.1, 0.15) is 18.4 Å². The van der Waals surface area contributed by atoms with Crippen molar-refractivity contribution in [2.75, 3.05) is 7.05 Å². The number of nitrogens with one attached hydrogen (secondary N) is 1. The molecule has 0 aliphatic heterocycles. The number of hydrogen-bond acceptors (Lipinski definition) is 2. The maximum absolute atomic E-state index is 11.2. The Balaban J connectivity index is 0.00000162. The molecular weight excluding hydrogens is 252 g/mol. The molecule has 5 heteroatoms. The van der Waals surface area contributed by atoms with Crippen molar-refractivity contribution in [1.82, 2.24) is 10.2 Å². The summed E-state index contributed by atoms with van der Waals surface area (Å²) in [6.45, 7) is 0.483. The normalized spacial score (nSPS) is 21.6. The third-order valence-electron chi connectivity index (χ3n) is 3.40. The molecule has 1 amide bonds. The highest BCUT2D eigenvalue weighted by Crippen LogP contribution is 2.26. The van der Waals surface area contributed by atoms with Gasteiger partial charge in [0, 0.05) is 18.6 Å². The van der Waals surface area contributed by atoms with Gasteiger partial charge in [0.25, 0.3) is 0 Å². The fourth-order valence-corrected chi connectivity index (χ4v) is 2.21. The molecule has 0 radical (unpaired) electrons. The molecule has 0 saturated heterocycles. The van der Waals surface area contributed by atoms with Crippen LogP contribution in [0.5, 0.6) is 0 Å². The van der Waals surface area contributed by atoms with E-state index < -0.39 is 6.09 Å². The lowest BCUT2D eigenvalue weighted by atomic mass is 9.85. The fourth-order valence-electron chi connectivity index (χ4n) is 2.21. The lowest BCUT2D eigenvalue weighted by Crippen LogP contribution is -2.52. The highest BCUT2D eigenvalue weighted by Gasteiger charge is 2.35. The van der Waals surface area contributed by atoms with E-state index in [-0.39, 0.29) is 18.4 Å². The van der Waals surface area contributed by atoms with E-state index in [1.165, 1.54) is 0 Å². The molecular formula is C13H19ClN2O2. The predicted molar refractivity (Wildman–Crippen MR) is 73.1 cm³/mol. The van der Waals surface area contributed by atoms with Crippen LogP contribution in [-0.2, 0) is 6.54 Å². The summed E-state index contributed by atoms with van der Waals surface area (Å²) in [5.41, 5.74) is 1.04. The number of amides is 1. The molecule has 0 atom stereocenters. The minimum absolute atomic E-state index is 0. The predicted octanol–water partition coefficient (Wildman–Crippen LogP) is 2.34. The number of carboxylic acid groups (broad SMARTS) is 1. The number of nitrogens with zero attached hydrogens (tertiary/aromatic N) is 1. The molecule has 1 aliphatic carbocycles. The van der Waals surface area contributed by atoms with Crippen LogP contribution < -0.4 is 5.32 Å². The van der Waals surface area contributed by atoms with Gasteiger partial charge in [-0.25, -0.2) is 4.79 Å². The van der Waals surface area contributed by atoms with E-state index in [0.29, 0.717) is 12.6 Å². The van der Waals surface area contributed by atoms with Crippen molar-refractivity contribution >= 4 is 18.5 Å². The number of benzene rings is 1. The molecule has 0 spiro atoms. The van der Waals surface area contributed by atoms with Crippen molar-refractivity contribution in [3.8, 4) is 0 Å². The largest absolute Gasteiger partial charge is 0.465 e. The Kier molecular flexibility index (Phi) is 5.44. The van der Waals surface area contributed by atoms with E-state index in [4.69, 9.17) is 0 Å². The van der Waals surface area contributed by atoms with Gasteiger partial charge in [-0.1, -0.05) is 30.3 Å². The third-order valence-corrected chi connectivity index (χ3v) is 3.40. The molecule has 0 bridgehead atoms. The van der Waals surface area contributed by atoms with Crippen LogP contribution in [0.2, 0.25) is 0 Å². The summed E-state index contributed by atoms with van der Waals surface area (Å²) >= 11 is 0. The monoisotopic (exact) mass is 270 g/mol. The minimum atomic E-state index is -0.826. The van der Waals surface area contributed by atoms with Crippen molar-refractivity contribution in [3.05, 3.63) is 35.9 Å². The Morgan fingerprint density at radius 2 is 2.00 bits per heavy atom. The first-order valence-corrected chi connectivity index (χ1v) is 5.91. The van der Waals surface area contributed by atoms with Gasteiger partial charge in [0.1, 0.15) is 0 Å². The summed E-state index contributed by atoms with van der Waals surface area (Å²) in [5, 5.41) is 12.4. The van der Waals surface area contributed by atoms with Crippen molar-refractivity contribution in [3.63, 3.8) is 0 Å². The molecule has 1 aromatic rings. The summed E-state index contributed by atoms with van der Waals surface area (Å²) in [5.74, 6) is 0. The first-order valence-electron chi connectivity index (χ1n) is 5.91. The van der Waals surface area contributed by atoms with Gasteiger partial charge in [-0.2, -0.15) is 0 Å². The second kappa shape index (κ2) is 6.61. The van der Waals surface area contributed by atoms with Gasteiger partial charge in [0.2, 0.25) is 0 Å². The zero-order chi connectivity index (χ0) is 12.3. The van der Waals surface area contributed by atoms with Crippen LogP contribution in [0.15, 0.2) is 30.3 Å². The van der Waals surface area contributed by atoms with Crippen LogP contribution in [-0.4, -0.2) is 35.2 Å². The number of carbonyl (C=O) groups is 1. The first kappa shape index (κ1) is 14.8. The van der Waals surface area contributed by atoms with Crippen LogP contribution in [0, 0.1) is 0 Å². The second-order valence-electron chi connectivity index (χ2n) is 4.51. The number of halogens is 1. The van der Waals surface area contributed by atoms with E-state index in [0.717, 1.165) is 18.4 Å². The third kappa shape index (κ3) is 3.37. The Morgan fingerprint density at radius 1 is 1.39 bits per heavy atom. The van der Waals surface area contributed by atoms with Gasteiger partial charge < -0.3 is 15.3 Å². The van der Waals surface area contributed by atoms with Gasteiger partial charge >= 0.3 is 6.09 Å². The van der Waals surface area contributed by atoms with Crippen LogP contribution in [0.25, 0.3) is 0 Å². The SMILES string of the molecule is CNC1CC(N(Cc2ccccc2)C(=O)O)C1.Cl. The first-order chi connectivity index (χ1) is 8.20. The van der Waals surface area contributed by atoms with E-state index in [1.54, 1.807) is 4.90 Å². The molecule has 0 unspecified atom stereocenters. The summed E-state index contributed by atoms with van der Waals surface area (Å²) in [7, 11) is 1.92. The topological polar surface area (TPSA) is 52.6 Å². The highest BCUT2D eigenvalue weighted by molar-refractivity contribution is 5.85. The second-order valence-corrected chi connectivity index (χ2v) is 4.51. The van der Waals surface area contributed by atoms with Crippen molar-refractivity contribution < 1.29 is 9.90 Å². The van der Waals surface area contributed by atoms with Crippen molar-refractivity contribution in [2.45, 2.75) is 31.5 Å². The summed E-state index contributed by atoms with van der Waals surface area (Å²) in [4.78, 5) is 12.8. The highest BCUT2D eigenvalue weighted by atomic mass is 35.5. The lowest BCUT2D eigenvalue weighted by molar-refractivity contribution is 0.0785. The zero-order valence-corrected chi connectivity index (χ0v) is 11.2. The Hall–Kier alpha value is -1.26. The molecule has 1 aromatic carbocycles. The molecule has 18 heavy (non-hydrogen) atoms. The Bertz CT molecular complexity index is 380. The Labute approximate surface area is 113 Å². The lowest BCUT2D eigenvalue weighted by Gasteiger charge is -2.41. The van der Waals surface area contributed by atoms with E-state index in [2.05, 4.69) is 5.32 Å².